The van der Waals surface area contributed by atoms with Crippen molar-refractivity contribution in [2.24, 2.45) is 4.99 Å². The molecule has 1 rings (SSSR count). The van der Waals surface area contributed by atoms with E-state index in [0.29, 0.717) is 30.5 Å². The Morgan fingerprint density at radius 1 is 1.23 bits per heavy atom. The molecule has 0 radical (unpaired) electrons. The van der Waals surface area contributed by atoms with Gasteiger partial charge in [-0.1, -0.05) is 13.8 Å². The second-order valence-corrected chi connectivity index (χ2v) is 6.38. The zero-order chi connectivity index (χ0) is 18.7. The Morgan fingerprint density at radius 3 is 2.46 bits per heavy atom. The minimum atomic E-state index is -4.37. The third-order valence-corrected chi connectivity index (χ3v) is 4.52. The largest absolute Gasteiger partial charge is 0.434 e. The quantitative estimate of drug-likeness (QED) is 0.220. The number of hydrogen-bond acceptors (Lipinski definition) is 4. The summed E-state index contributed by atoms with van der Waals surface area (Å²) in [7, 11) is 0. The number of alkyl halides is 3. The van der Waals surface area contributed by atoms with Crippen LogP contribution >= 0.6 is 35.3 Å². The molecular formula is C16H29F3IN5S. The van der Waals surface area contributed by atoms with E-state index in [0.717, 1.165) is 49.3 Å². The molecule has 2 N–H and O–H groups in total. The number of aliphatic imine (C=N–C) groups is 1. The number of hydrogen-bond donors (Lipinski definition) is 2. The highest BCUT2D eigenvalue weighted by atomic mass is 127. The summed E-state index contributed by atoms with van der Waals surface area (Å²) < 4.78 is 37.6. The van der Waals surface area contributed by atoms with E-state index < -0.39 is 11.9 Å². The SMILES string of the molecule is CCNC(=NCCCN(CC)CC)NCCc1nc(C(F)(F)F)cs1.I. The predicted molar refractivity (Wildman–Crippen MR) is 113 cm³/mol. The molecule has 1 aromatic rings. The molecule has 0 spiro atoms. The fourth-order valence-corrected chi connectivity index (χ4v) is 3.02. The zero-order valence-corrected chi connectivity index (χ0v) is 18.7. The van der Waals surface area contributed by atoms with Crippen LogP contribution in [0.15, 0.2) is 10.4 Å². The second-order valence-electron chi connectivity index (χ2n) is 5.44. The van der Waals surface area contributed by atoms with Crippen LogP contribution in [0.25, 0.3) is 0 Å². The summed E-state index contributed by atoms with van der Waals surface area (Å²) in [5, 5.41) is 7.81. The van der Waals surface area contributed by atoms with Crippen molar-refractivity contribution >= 4 is 41.3 Å². The van der Waals surface area contributed by atoms with E-state index in [4.69, 9.17) is 0 Å². The Hall–Kier alpha value is -0.620. The first kappa shape index (κ1) is 25.4. The average molecular weight is 507 g/mol. The highest BCUT2D eigenvalue weighted by Gasteiger charge is 2.33. The smallest absolute Gasteiger partial charge is 0.357 e. The molecule has 0 atom stereocenters. The van der Waals surface area contributed by atoms with Crippen LogP contribution in [-0.2, 0) is 12.6 Å². The Bertz CT molecular complexity index is 518. The number of nitrogens with one attached hydrogen (secondary N) is 2. The molecule has 0 aliphatic heterocycles. The first-order valence-electron chi connectivity index (χ1n) is 8.66. The topological polar surface area (TPSA) is 52.6 Å². The van der Waals surface area contributed by atoms with E-state index in [2.05, 4.69) is 39.4 Å². The molecule has 0 amide bonds. The molecule has 0 aliphatic carbocycles. The third-order valence-electron chi connectivity index (χ3n) is 3.61. The average Bonchev–Trinajstić information content (AvgIpc) is 3.04. The minimum absolute atomic E-state index is 0. The fraction of sp³-hybridized carbons (Fsp3) is 0.750. The van der Waals surface area contributed by atoms with Crippen LogP contribution in [0.2, 0.25) is 0 Å². The van der Waals surface area contributed by atoms with Gasteiger partial charge in [-0.05, 0) is 33.0 Å². The predicted octanol–water partition coefficient (Wildman–Crippen LogP) is 3.61. The van der Waals surface area contributed by atoms with E-state index >= 15 is 0 Å². The summed E-state index contributed by atoms with van der Waals surface area (Å²) in [6.07, 6.45) is -2.96. The van der Waals surface area contributed by atoms with Crippen LogP contribution in [0, 0.1) is 0 Å². The lowest BCUT2D eigenvalue weighted by Crippen LogP contribution is -2.38. The Balaban J connectivity index is 0.00000625. The molecule has 10 heteroatoms. The molecule has 26 heavy (non-hydrogen) atoms. The van der Waals surface area contributed by atoms with Crippen LogP contribution in [0.3, 0.4) is 0 Å². The van der Waals surface area contributed by atoms with Crippen molar-refractivity contribution in [3.05, 3.63) is 16.1 Å². The standard InChI is InChI=1S/C16H28F3N5S.HI/c1-4-20-15(21-9-7-11-24(5-2)6-3)22-10-8-14-23-13(12-25-14)16(17,18)19;/h12H,4-11H2,1-3H3,(H2,20,21,22);1H. The Morgan fingerprint density at radius 2 is 1.92 bits per heavy atom. The van der Waals surface area contributed by atoms with Crippen LogP contribution in [-0.4, -0.2) is 55.1 Å². The number of guanidine groups is 1. The Labute approximate surface area is 174 Å². The van der Waals surface area contributed by atoms with Gasteiger partial charge in [-0.15, -0.1) is 35.3 Å². The summed E-state index contributed by atoms with van der Waals surface area (Å²) in [5.74, 6) is 0.689. The zero-order valence-electron chi connectivity index (χ0n) is 15.5. The Kier molecular flexibility index (Phi) is 13.2. The number of aromatic nitrogens is 1. The maximum Gasteiger partial charge on any atom is 0.434 e. The van der Waals surface area contributed by atoms with Crippen LogP contribution in [0.4, 0.5) is 13.2 Å². The monoisotopic (exact) mass is 507 g/mol. The van der Waals surface area contributed by atoms with Gasteiger partial charge in [0.15, 0.2) is 11.7 Å². The molecule has 0 aromatic carbocycles. The molecule has 0 saturated carbocycles. The van der Waals surface area contributed by atoms with Crippen LogP contribution < -0.4 is 10.6 Å². The summed E-state index contributed by atoms with van der Waals surface area (Å²) in [6.45, 7) is 11.3. The number of thiazole rings is 1. The summed E-state index contributed by atoms with van der Waals surface area (Å²) in [5.41, 5.74) is -0.815. The molecule has 0 aliphatic rings. The lowest BCUT2D eigenvalue weighted by atomic mass is 10.3. The molecule has 0 saturated heterocycles. The van der Waals surface area contributed by atoms with Gasteiger partial charge in [-0.25, -0.2) is 4.98 Å². The van der Waals surface area contributed by atoms with E-state index in [9.17, 15) is 13.2 Å². The van der Waals surface area contributed by atoms with E-state index in [1.165, 1.54) is 0 Å². The maximum atomic E-state index is 12.5. The highest BCUT2D eigenvalue weighted by Crippen LogP contribution is 2.29. The van der Waals surface area contributed by atoms with Gasteiger partial charge >= 0.3 is 6.18 Å². The van der Waals surface area contributed by atoms with Crippen molar-refractivity contribution in [1.29, 1.82) is 0 Å². The van der Waals surface area contributed by atoms with Crippen molar-refractivity contribution in [3.8, 4) is 0 Å². The van der Waals surface area contributed by atoms with Crippen molar-refractivity contribution in [3.63, 3.8) is 0 Å². The normalized spacial score (nSPS) is 12.2. The van der Waals surface area contributed by atoms with Gasteiger partial charge in [-0.3, -0.25) is 4.99 Å². The number of rotatable bonds is 10. The van der Waals surface area contributed by atoms with Crippen molar-refractivity contribution < 1.29 is 13.2 Å². The maximum absolute atomic E-state index is 12.5. The molecular weight excluding hydrogens is 478 g/mol. The van der Waals surface area contributed by atoms with Gasteiger partial charge in [0.05, 0.1) is 5.01 Å². The van der Waals surface area contributed by atoms with Crippen molar-refractivity contribution in [2.45, 2.75) is 39.8 Å². The van der Waals surface area contributed by atoms with Crippen molar-refractivity contribution in [1.82, 2.24) is 20.5 Å². The molecule has 1 aromatic heterocycles. The van der Waals surface area contributed by atoms with Crippen molar-refractivity contribution in [2.75, 3.05) is 39.3 Å². The van der Waals surface area contributed by atoms with Gasteiger partial charge in [0.1, 0.15) is 0 Å². The molecule has 0 bridgehead atoms. The van der Waals surface area contributed by atoms with E-state index in [-0.39, 0.29) is 24.0 Å². The van der Waals surface area contributed by atoms with Crippen LogP contribution in [0.1, 0.15) is 37.9 Å². The summed E-state index contributed by atoms with van der Waals surface area (Å²) >= 11 is 1.03. The van der Waals surface area contributed by atoms with Gasteiger partial charge in [-0.2, -0.15) is 13.2 Å². The fourth-order valence-electron chi connectivity index (χ4n) is 2.21. The molecule has 152 valence electrons. The number of halogens is 4. The van der Waals surface area contributed by atoms with E-state index in [1.807, 2.05) is 6.92 Å². The summed E-state index contributed by atoms with van der Waals surface area (Å²) in [6, 6.07) is 0. The van der Waals surface area contributed by atoms with Crippen LogP contribution in [0.5, 0.6) is 0 Å². The molecule has 0 unspecified atom stereocenters. The molecule has 5 nitrogen and oxygen atoms in total. The van der Waals surface area contributed by atoms with E-state index in [1.54, 1.807) is 0 Å². The van der Waals surface area contributed by atoms with Gasteiger partial charge in [0, 0.05) is 31.4 Å². The first-order valence-corrected chi connectivity index (χ1v) is 9.54. The molecule has 1 heterocycles. The van der Waals surface area contributed by atoms with Gasteiger partial charge < -0.3 is 15.5 Å². The van der Waals surface area contributed by atoms with Gasteiger partial charge in [0.2, 0.25) is 0 Å². The van der Waals surface area contributed by atoms with Gasteiger partial charge in [0.25, 0.3) is 0 Å². The minimum Gasteiger partial charge on any atom is -0.357 e. The summed E-state index contributed by atoms with van der Waals surface area (Å²) in [4.78, 5) is 10.5. The lowest BCUT2D eigenvalue weighted by Gasteiger charge is -2.17. The third kappa shape index (κ3) is 9.91. The first-order chi connectivity index (χ1) is 11.9. The number of nitrogens with zero attached hydrogens (tertiary/aromatic N) is 3. The highest BCUT2D eigenvalue weighted by molar-refractivity contribution is 14.0. The lowest BCUT2D eigenvalue weighted by molar-refractivity contribution is -0.140. The molecule has 0 fully saturated rings. The second kappa shape index (κ2) is 13.5.